The summed E-state index contributed by atoms with van der Waals surface area (Å²) in [6.07, 6.45) is 1.31. The second-order valence-electron chi connectivity index (χ2n) is 4.93. The quantitative estimate of drug-likeness (QED) is 0.458. The van der Waals surface area contributed by atoms with Crippen LogP contribution in [0.5, 0.6) is 5.75 Å². The van der Waals surface area contributed by atoms with Gasteiger partial charge in [-0.1, -0.05) is 6.07 Å². The minimum absolute atomic E-state index is 0.0826. The van der Waals surface area contributed by atoms with Gasteiger partial charge in [0, 0.05) is 17.6 Å². The molecule has 0 atom stereocenters. The number of anilines is 2. The number of benzene rings is 1. The molecule has 0 fully saturated rings. The van der Waals surface area contributed by atoms with Crippen molar-refractivity contribution in [3.63, 3.8) is 0 Å². The fourth-order valence-electron chi connectivity index (χ4n) is 1.90. The highest BCUT2D eigenvalue weighted by molar-refractivity contribution is 6.07. The number of nitriles is 1. The zero-order valence-electron chi connectivity index (χ0n) is 12.8. The Bertz CT molecular complexity index is 806. The van der Waals surface area contributed by atoms with Crippen LogP contribution < -0.4 is 10.6 Å². The maximum atomic E-state index is 12.1. The Morgan fingerprint density at radius 3 is 2.74 bits per heavy atom. The van der Waals surface area contributed by atoms with Crippen LogP contribution >= 0.6 is 0 Å². The predicted octanol–water partition coefficient (Wildman–Crippen LogP) is 2.86. The number of aromatic nitrogens is 1. The molecule has 1 heterocycles. The van der Waals surface area contributed by atoms with Gasteiger partial charge in [0.05, 0.1) is 0 Å². The molecule has 0 bridgehead atoms. The zero-order chi connectivity index (χ0) is 16.8. The summed E-state index contributed by atoms with van der Waals surface area (Å²) in [7, 11) is 0. The van der Waals surface area contributed by atoms with Crippen LogP contribution in [0.4, 0.5) is 11.5 Å². The Labute approximate surface area is 134 Å². The smallest absolute Gasteiger partial charge is 0.267 e. The molecule has 0 aliphatic heterocycles. The van der Waals surface area contributed by atoms with Gasteiger partial charge in [0.1, 0.15) is 23.2 Å². The number of pyridine rings is 1. The van der Waals surface area contributed by atoms with Crippen LogP contribution in [0.3, 0.4) is 0 Å². The van der Waals surface area contributed by atoms with Gasteiger partial charge in [0.25, 0.3) is 5.91 Å². The molecule has 2 rings (SSSR count). The van der Waals surface area contributed by atoms with Crippen LogP contribution in [0.1, 0.15) is 11.3 Å². The van der Waals surface area contributed by atoms with Crippen LogP contribution in [0.15, 0.2) is 48.2 Å². The van der Waals surface area contributed by atoms with E-state index in [1.54, 1.807) is 19.1 Å². The number of amides is 1. The summed E-state index contributed by atoms with van der Waals surface area (Å²) in [6, 6.07) is 11.8. The second kappa shape index (κ2) is 7.09. The number of hydrogen-bond acceptors (Lipinski definition) is 5. The van der Waals surface area contributed by atoms with Gasteiger partial charge in [-0.15, -0.1) is 0 Å². The largest absolute Gasteiger partial charge is 0.508 e. The van der Waals surface area contributed by atoms with E-state index in [0.29, 0.717) is 17.1 Å². The standard InChI is InChI=1S/C17H16N4O2/c1-11-8-14(22)6-7-15(11)21-17(23)13(9-18)10-19-16-5-3-4-12(2)20-16/h3-8,10,22H,1-2H3,(H,19,20)(H,21,23)/b13-10-. The van der Waals surface area contributed by atoms with Gasteiger partial charge in [-0.3, -0.25) is 4.79 Å². The third kappa shape index (κ3) is 4.32. The lowest BCUT2D eigenvalue weighted by atomic mass is 10.2. The van der Waals surface area contributed by atoms with Crippen LogP contribution in [-0.4, -0.2) is 16.0 Å². The van der Waals surface area contributed by atoms with Gasteiger partial charge < -0.3 is 15.7 Å². The van der Waals surface area contributed by atoms with Crippen LogP contribution in [0.2, 0.25) is 0 Å². The zero-order valence-corrected chi connectivity index (χ0v) is 12.8. The monoisotopic (exact) mass is 308 g/mol. The van der Waals surface area contributed by atoms with Crippen molar-refractivity contribution >= 4 is 17.4 Å². The average molecular weight is 308 g/mol. The van der Waals surface area contributed by atoms with Crippen molar-refractivity contribution in [1.29, 1.82) is 5.26 Å². The Kier molecular flexibility index (Phi) is 4.95. The van der Waals surface area contributed by atoms with Gasteiger partial charge in [-0.05, 0) is 49.7 Å². The molecule has 23 heavy (non-hydrogen) atoms. The second-order valence-corrected chi connectivity index (χ2v) is 4.93. The van der Waals surface area contributed by atoms with E-state index in [2.05, 4.69) is 15.6 Å². The van der Waals surface area contributed by atoms with Crippen LogP contribution in [0.25, 0.3) is 0 Å². The van der Waals surface area contributed by atoms with E-state index in [0.717, 1.165) is 5.69 Å². The summed E-state index contributed by atoms with van der Waals surface area (Å²) in [4.78, 5) is 16.4. The Hall–Kier alpha value is -3.33. The first-order valence-corrected chi connectivity index (χ1v) is 6.91. The minimum Gasteiger partial charge on any atom is -0.508 e. The average Bonchev–Trinajstić information content (AvgIpc) is 2.51. The van der Waals surface area contributed by atoms with Crippen molar-refractivity contribution < 1.29 is 9.90 Å². The van der Waals surface area contributed by atoms with E-state index in [1.807, 2.05) is 25.1 Å². The third-order valence-corrected chi connectivity index (χ3v) is 3.08. The number of nitrogens with one attached hydrogen (secondary N) is 2. The number of aryl methyl sites for hydroxylation is 2. The van der Waals surface area contributed by atoms with Crippen molar-refractivity contribution in [2.45, 2.75) is 13.8 Å². The lowest BCUT2D eigenvalue weighted by Gasteiger charge is -2.08. The number of carbonyl (C=O) groups is 1. The highest BCUT2D eigenvalue weighted by atomic mass is 16.3. The highest BCUT2D eigenvalue weighted by Gasteiger charge is 2.11. The van der Waals surface area contributed by atoms with E-state index in [-0.39, 0.29) is 11.3 Å². The van der Waals surface area contributed by atoms with Crippen molar-refractivity contribution in [3.8, 4) is 11.8 Å². The molecule has 0 saturated heterocycles. The molecule has 6 heteroatoms. The third-order valence-electron chi connectivity index (χ3n) is 3.08. The molecule has 1 aromatic carbocycles. The minimum atomic E-state index is -0.540. The van der Waals surface area contributed by atoms with Gasteiger partial charge in [-0.2, -0.15) is 5.26 Å². The molecular weight excluding hydrogens is 292 g/mol. The molecule has 0 saturated carbocycles. The topological polar surface area (TPSA) is 98.0 Å². The summed E-state index contributed by atoms with van der Waals surface area (Å²) in [5.41, 5.74) is 1.97. The summed E-state index contributed by atoms with van der Waals surface area (Å²) in [6.45, 7) is 3.60. The molecule has 0 spiro atoms. The van der Waals surface area contributed by atoms with E-state index in [1.165, 1.54) is 18.3 Å². The predicted molar refractivity (Wildman–Crippen MR) is 87.8 cm³/mol. The van der Waals surface area contributed by atoms with Gasteiger partial charge in [0.2, 0.25) is 0 Å². The van der Waals surface area contributed by atoms with E-state index in [9.17, 15) is 9.90 Å². The number of aromatic hydroxyl groups is 1. The fraction of sp³-hybridized carbons (Fsp3) is 0.118. The fourth-order valence-corrected chi connectivity index (χ4v) is 1.90. The number of carbonyl (C=O) groups excluding carboxylic acids is 1. The molecule has 6 nitrogen and oxygen atoms in total. The molecular formula is C17H16N4O2. The lowest BCUT2D eigenvalue weighted by molar-refractivity contribution is -0.112. The molecule has 1 amide bonds. The number of phenolic OH excluding ortho intramolecular Hbond substituents is 1. The van der Waals surface area contributed by atoms with Crippen LogP contribution in [-0.2, 0) is 4.79 Å². The van der Waals surface area contributed by atoms with Crippen molar-refractivity contribution in [3.05, 3.63) is 59.4 Å². The van der Waals surface area contributed by atoms with Crippen LogP contribution in [0, 0.1) is 25.2 Å². The molecule has 116 valence electrons. The summed E-state index contributed by atoms with van der Waals surface area (Å²) in [5, 5.41) is 24.0. The van der Waals surface area contributed by atoms with Gasteiger partial charge in [0.15, 0.2) is 0 Å². The van der Waals surface area contributed by atoms with Gasteiger partial charge in [-0.25, -0.2) is 4.98 Å². The van der Waals surface area contributed by atoms with E-state index in [4.69, 9.17) is 5.26 Å². The Balaban J connectivity index is 2.12. The van der Waals surface area contributed by atoms with Crippen molar-refractivity contribution in [1.82, 2.24) is 4.98 Å². The van der Waals surface area contributed by atoms with Crippen molar-refractivity contribution in [2.24, 2.45) is 0 Å². The summed E-state index contributed by atoms with van der Waals surface area (Å²) < 4.78 is 0. The molecule has 3 N–H and O–H groups in total. The van der Waals surface area contributed by atoms with Crippen molar-refractivity contribution in [2.75, 3.05) is 10.6 Å². The molecule has 0 unspecified atom stereocenters. The lowest BCUT2D eigenvalue weighted by Crippen LogP contribution is -2.15. The normalized spacial score (nSPS) is 10.7. The Morgan fingerprint density at radius 1 is 1.30 bits per heavy atom. The Morgan fingerprint density at radius 2 is 2.09 bits per heavy atom. The first kappa shape index (κ1) is 16.0. The molecule has 0 radical (unpaired) electrons. The summed E-state index contributed by atoms with van der Waals surface area (Å²) in [5.74, 6) is 0.122. The van der Waals surface area contributed by atoms with E-state index < -0.39 is 5.91 Å². The number of hydrogen-bond donors (Lipinski definition) is 3. The highest BCUT2D eigenvalue weighted by Crippen LogP contribution is 2.20. The SMILES string of the molecule is Cc1cccc(N/C=C(/C#N)C(=O)Nc2ccc(O)cc2C)n1. The molecule has 2 aromatic rings. The number of rotatable bonds is 4. The maximum absolute atomic E-state index is 12.1. The summed E-state index contributed by atoms with van der Waals surface area (Å²) >= 11 is 0. The molecule has 0 aliphatic carbocycles. The first-order chi connectivity index (χ1) is 11.0. The van der Waals surface area contributed by atoms with E-state index >= 15 is 0 Å². The maximum Gasteiger partial charge on any atom is 0.267 e. The van der Waals surface area contributed by atoms with Gasteiger partial charge >= 0.3 is 0 Å². The first-order valence-electron chi connectivity index (χ1n) is 6.91. The number of nitrogens with zero attached hydrogens (tertiary/aromatic N) is 2. The molecule has 0 aliphatic rings. The number of phenols is 1. The molecule has 1 aromatic heterocycles.